The molecule has 1 aromatic carbocycles. The Bertz CT molecular complexity index is 849. The van der Waals surface area contributed by atoms with Crippen LogP contribution in [0.2, 0.25) is 0 Å². The number of likely N-dealkylation sites (tertiary alicyclic amines) is 1. The van der Waals surface area contributed by atoms with Gasteiger partial charge in [0.05, 0.1) is 22.9 Å². The van der Waals surface area contributed by atoms with Crippen molar-refractivity contribution < 1.29 is 18.9 Å². The van der Waals surface area contributed by atoms with Gasteiger partial charge in [0.2, 0.25) is 5.91 Å². The van der Waals surface area contributed by atoms with E-state index in [-0.39, 0.29) is 40.3 Å². The monoisotopic (exact) mass is 457 g/mol. The van der Waals surface area contributed by atoms with E-state index in [1.165, 1.54) is 18.2 Å². The van der Waals surface area contributed by atoms with Gasteiger partial charge in [-0.05, 0) is 57.3 Å². The Morgan fingerprint density at radius 3 is 3.07 bits per heavy atom. The van der Waals surface area contributed by atoms with Crippen LogP contribution in [-0.4, -0.2) is 57.0 Å². The Labute approximate surface area is 167 Å². The summed E-state index contributed by atoms with van der Waals surface area (Å²) in [6, 6.07) is 4.12. The Morgan fingerprint density at radius 2 is 2.33 bits per heavy atom. The molecule has 3 rings (SSSR count). The van der Waals surface area contributed by atoms with Crippen molar-refractivity contribution in [2.75, 3.05) is 24.2 Å². The maximum Gasteiger partial charge on any atom is 0.233 e. The molecule has 2 heterocycles. The van der Waals surface area contributed by atoms with Crippen molar-refractivity contribution in [2.24, 2.45) is 0 Å². The molecule has 1 aromatic heterocycles. The number of carbonyl (C=O) groups excluding carboxylic acids is 1. The van der Waals surface area contributed by atoms with E-state index in [9.17, 15) is 14.3 Å². The number of nitrogens with zero attached hydrogens (tertiary/aromatic N) is 3. The number of carbonyl (C=O) groups is 1. The molecule has 0 bridgehead atoms. The molecule has 1 atom stereocenters. The Morgan fingerprint density at radius 1 is 1.52 bits per heavy atom. The van der Waals surface area contributed by atoms with Crippen LogP contribution in [0.15, 0.2) is 32.3 Å². The Kier molecular flexibility index (Phi) is 6.45. The first-order valence-corrected chi connectivity index (χ1v) is 9.94. The highest BCUT2D eigenvalue weighted by molar-refractivity contribution is 9.10. The van der Waals surface area contributed by atoms with Gasteiger partial charge in [-0.25, -0.2) is 9.02 Å². The number of nitrogens with one attached hydrogen (secondary N) is 2. The second kappa shape index (κ2) is 8.81. The van der Waals surface area contributed by atoms with Crippen molar-refractivity contribution in [3.8, 4) is 0 Å². The van der Waals surface area contributed by atoms with Gasteiger partial charge in [0, 0.05) is 12.2 Å². The van der Waals surface area contributed by atoms with Crippen molar-refractivity contribution in [1.29, 1.82) is 5.41 Å². The smallest absolute Gasteiger partial charge is 0.233 e. The third-order valence-corrected chi connectivity index (χ3v) is 5.67. The van der Waals surface area contributed by atoms with Crippen molar-refractivity contribution in [2.45, 2.75) is 23.9 Å². The highest BCUT2D eigenvalue weighted by atomic mass is 79.9. The number of amides is 1. The summed E-state index contributed by atoms with van der Waals surface area (Å²) in [7, 11) is 0. The number of aromatic nitrogens is 2. The van der Waals surface area contributed by atoms with E-state index < -0.39 is 5.82 Å². The molecule has 8 nitrogen and oxygen atoms in total. The molecule has 1 saturated heterocycles. The van der Waals surface area contributed by atoms with Gasteiger partial charge in [0.15, 0.2) is 16.6 Å². The van der Waals surface area contributed by atoms with Crippen molar-refractivity contribution in [3.05, 3.63) is 34.2 Å². The van der Waals surface area contributed by atoms with Gasteiger partial charge in [-0.1, -0.05) is 11.8 Å². The van der Waals surface area contributed by atoms with Crippen LogP contribution in [0.4, 0.5) is 10.1 Å². The van der Waals surface area contributed by atoms with E-state index in [4.69, 9.17) is 10.0 Å². The second-order valence-electron chi connectivity index (χ2n) is 5.90. The number of amidine groups is 1. The lowest BCUT2D eigenvalue weighted by Crippen LogP contribution is -2.38. The van der Waals surface area contributed by atoms with E-state index in [0.29, 0.717) is 17.3 Å². The molecule has 1 amide bonds. The molecule has 1 aliphatic heterocycles. The number of halogens is 2. The zero-order valence-corrected chi connectivity index (χ0v) is 16.5. The van der Waals surface area contributed by atoms with Crippen LogP contribution in [0.1, 0.15) is 18.5 Å². The van der Waals surface area contributed by atoms with Crippen LogP contribution in [-0.2, 0) is 4.79 Å². The number of hydrogen-bond acceptors (Lipinski definition) is 7. The van der Waals surface area contributed by atoms with Gasteiger partial charge in [0.1, 0.15) is 5.82 Å². The molecule has 0 spiro atoms. The predicted molar refractivity (Wildman–Crippen MR) is 101 cm³/mol. The number of aliphatic hydroxyl groups excluding tert-OH is 1. The zero-order valence-electron chi connectivity index (χ0n) is 14.1. The maximum absolute atomic E-state index is 13.3. The molecule has 0 saturated carbocycles. The Balaban J connectivity index is 1.62. The lowest BCUT2D eigenvalue weighted by Gasteiger charge is -2.22. The summed E-state index contributed by atoms with van der Waals surface area (Å²) >= 11 is 4.20. The normalized spacial score (nSPS) is 16.6. The van der Waals surface area contributed by atoms with E-state index in [1.54, 1.807) is 4.90 Å². The van der Waals surface area contributed by atoms with Gasteiger partial charge in [0.25, 0.3) is 0 Å². The van der Waals surface area contributed by atoms with E-state index in [0.717, 1.165) is 24.6 Å². The van der Waals surface area contributed by atoms with Crippen molar-refractivity contribution in [3.63, 3.8) is 0 Å². The minimum Gasteiger partial charge on any atom is -0.394 e. The SMILES string of the molecule is N=C(Nc1ccc(F)c(Br)c1)c1nonc1SCC(=O)N1CCC[C@@H]1CO. The van der Waals surface area contributed by atoms with Gasteiger partial charge in [-0.15, -0.1) is 0 Å². The molecule has 0 unspecified atom stereocenters. The fraction of sp³-hybridized carbons (Fsp3) is 0.375. The molecule has 0 radical (unpaired) electrons. The maximum atomic E-state index is 13.3. The zero-order chi connectivity index (χ0) is 19.4. The fourth-order valence-electron chi connectivity index (χ4n) is 2.77. The van der Waals surface area contributed by atoms with Crippen LogP contribution in [0.25, 0.3) is 0 Å². The van der Waals surface area contributed by atoms with Gasteiger partial charge in [-0.3, -0.25) is 10.2 Å². The third kappa shape index (κ3) is 4.66. The molecule has 0 aliphatic carbocycles. The molecular formula is C16H17BrFN5O3S. The van der Waals surface area contributed by atoms with Gasteiger partial charge in [-0.2, -0.15) is 0 Å². The first kappa shape index (κ1) is 19.8. The predicted octanol–water partition coefficient (Wildman–Crippen LogP) is 2.48. The topological polar surface area (TPSA) is 115 Å². The van der Waals surface area contributed by atoms with Crippen LogP contribution >= 0.6 is 27.7 Å². The van der Waals surface area contributed by atoms with E-state index in [1.807, 2.05) is 0 Å². The van der Waals surface area contributed by atoms with Crippen LogP contribution in [0.5, 0.6) is 0 Å². The number of anilines is 1. The van der Waals surface area contributed by atoms with Crippen LogP contribution in [0, 0.1) is 11.2 Å². The second-order valence-corrected chi connectivity index (χ2v) is 7.72. The third-order valence-electron chi connectivity index (χ3n) is 4.12. The number of aliphatic hydroxyl groups is 1. The molecule has 27 heavy (non-hydrogen) atoms. The fourth-order valence-corrected chi connectivity index (χ4v) is 3.94. The molecule has 2 aromatic rings. The highest BCUT2D eigenvalue weighted by Gasteiger charge is 2.28. The Hall–Kier alpha value is -1.98. The van der Waals surface area contributed by atoms with Gasteiger partial charge >= 0.3 is 0 Å². The highest BCUT2D eigenvalue weighted by Crippen LogP contribution is 2.24. The van der Waals surface area contributed by atoms with Crippen LogP contribution < -0.4 is 5.32 Å². The summed E-state index contributed by atoms with van der Waals surface area (Å²) in [4.78, 5) is 14.0. The summed E-state index contributed by atoms with van der Waals surface area (Å²) < 4.78 is 18.3. The standard InChI is InChI=1S/C16H17BrFN5O3S/c17-11-6-9(3-4-12(11)18)20-15(19)14-16(22-26-21-14)27-8-13(25)23-5-1-2-10(23)7-24/h3-4,6,10,24H,1-2,5,7-8H2,(H2,19,20)/t10-/m1/s1. The molecular weight excluding hydrogens is 441 g/mol. The van der Waals surface area contributed by atoms with Gasteiger partial charge < -0.3 is 15.3 Å². The number of rotatable bonds is 6. The summed E-state index contributed by atoms with van der Waals surface area (Å²) in [5, 5.41) is 28.0. The quantitative estimate of drug-likeness (QED) is 0.346. The lowest BCUT2D eigenvalue weighted by atomic mass is 10.2. The van der Waals surface area contributed by atoms with Crippen LogP contribution in [0.3, 0.4) is 0 Å². The van der Waals surface area contributed by atoms with Crippen molar-refractivity contribution in [1.82, 2.24) is 15.2 Å². The minimum absolute atomic E-state index is 0.0467. The summed E-state index contributed by atoms with van der Waals surface area (Å²) in [6.45, 7) is 0.584. The molecule has 11 heteroatoms. The minimum atomic E-state index is -0.409. The first-order chi connectivity index (χ1) is 13.0. The summed E-state index contributed by atoms with van der Waals surface area (Å²) in [5.74, 6) is -0.493. The molecule has 1 fully saturated rings. The summed E-state index contributed by atoms with van der Waals surface area (Å²) in [5.41, 5.74) is 0.652. The molecule has 144 valence electrons. The molecule has 1 aliphatic rings. The lowest BCUT2D eigenvalue weighted by molar-refractivity contribution is -0.129. The first-order valence-electron chi connectivity index (χ1n) is 8.16. The number of benzene rings is 1. The average molecular weight is 458 g/mol. The van der Waals surface area contributed by atoms with E-state index >= 15 is 0 Å². The average Bonchev–Trinajstić information content (AvgIpc) is 3.31. The largest absolute Gasteiger partial charge is 0.394 e. The summed E-state index contributed by atoms with van der Waals surface area (Å²) in [6.07, 6.45) is 1.67. The number of hydrogen-bond donors (Lipinski definition) is 3. The van der Waals surface area contributed by atoms with Crippen molar-refractivity contribution >= 4 is 45.1 Å². The van der Waals surface area contributed by atoms with E-state index in [2.05, 4.69) is 31.6 Å². The molecule has 3 N–H and O–H groups in total. The number of thioether (sulfide) groups is 1.